The smallest absolute Gasteiger partial charge is 0.237 e. The molecule has 8 heteroatoms. The number of carbonyl (C=O) groups excluding carboxylic acids is 2. The predicted molar refractivity (Wildman–Crippen MR) is 116 cm³/mol. The van der Waals surface area contributed by atoms with Crippen molar-refractivity contribution in [2.75, 3.05) is 16.4 Å². The van der Waals surface area contributed by atoms with Gasteiger partial charge in [-0.05, 0) is 56.2 Å². The zero-order valence-corrected chi connectivity index (χ0v) is 18.4. The number of aryl methyl sites for hydroxylation is 2. The molecule has 6 nitrogen and oxygen atoms in total. The van der Waals surface area contributed by atoms with Crippen LogP contribution in [0.5, 0.6) is 0 Å². The van der Waals surface area contributed by atoms with E-state index in [1.54, 1.807) is 19.9 Å². The van der Waals surface area contributed by atoms with Gasteiger partial charge in [0, 0.05) is 16.5 Å². The molecule has 0 fully saturated rings. The maximum absolute atomic E-state index is 12.9. The minimum atomic E-state index is -3.70. The average Bonchev–Trinajstić information content (AvgIpc) is 2.64. The fourth-order valence-corrected chi connectivity index (χ4v) is 5.51. The Kier molecular flexibility index (Phi) is 6.05. The Morgan fingerprint density at radius 2 is 1.93 bits per heavy atom. The molecule has 2 atom stereocenters. The zero-order valence-electron chi connectivity index (χ0n) is 16.8. The number of benzene rings is 2. The fourth-order valence-electron chi connectivity index (χ4n) is 3.01. The van der Waals surface area contributed by atoms with Gasteiger partial charge in [-0.3, -0.25) is 9.59 Å². The maximum Gasteiger partial charge on any atom is 0.237 e. The SMILES string of the molecule is Cc1ccc(C)c(NC(=O)C(C)CS(=O)(=O)c2ccc3c(c2)NC(=O)C(C)S3)c1. The lowest BCUT2D eigenvalue weighted by Gasteiger charge is -2.22. The summed E-state index contributed by atoms with van der Waals surface area (Å²) in [4.78, 5) is 25.4. The number of thioether (sulfide) groups is 1. The minimum Gasteiger partial charge on any atom is -0.326 e. The third-order valence-corrected chi connectivity index (χ3v) is 7.90. The molecule has 0 aromatic heterocycles. The van der Waals surface area contributed by atoms with E-state index in [0.717, 1.165) is 16.0 Å². The van der Waals surface area contributed by atoms with Crippen LogP contribution in [0.3, 0.4) is 0 Å². The number of hydrogen-bond donors (Lipinski definition) is 2. The van der Waals surface area contributed by atoms with Crippen LogP contribution in [0.25, 0.3) is 0 Å². The summed E-state index contributed by atoms with van der Waals surface area (Å²) >= 11 is 1.39. The second-order valence-electron chi connectivity index (χ2n) is 7.40. The molecule has 0 saturated heterocycles. The number of amides is 2. The highest BCUT2D eigenvalue weighted by atomic mass is 32.2. The highest BCUT2D eigenvalue weighted by molar-refractivity contribution is 8.01. The van der Waals surface area contributed by atoms with Crippen LogP contribution in [-0.2, 0) is 19.4 Å². The lowest BCUT2D eigenvalue weighted by Crippen LogP contribution is -2.28. The molecule has 1 aliphatic heterocycles. The zero-order chi connectivity index (χ0) is 21.3. The number of hydrogen-bond acceptors (Lipinski definition) is 5. The van der Waals surface area contributed by atoms with Crippen LogP contribution >= 0.6 is 11.8 Å². The molecule has 2 amide bonds. The molecule has 0 radical (unpaired) electrons. The number of sulfone groups is 1. The number of nitrogens with one attached hydrogen (secondary N) is 2. The topological polar surface area (TPSA) is 92.3 Å². The molecule has 2 aromatic carbocycles. The Morgan fingerprint density at radius 1 is 1.21 bits per heavy atom. The number of carbonyl (C=O) groups is 2. The Balaban J connectivity index is 1.75. The monoisotopic (exact) mass is 432 g/mol. The van der Waals surface area contributed by atoms with Crippen LogP contribution < -0.4 is 10.6 Å². The van der Waals surface area contributed by atoms with Gasteiger partial charge >= 0.3 is 0 Å². The molecule has 2 N–H and O–H groups in total. The van der Waals surface area contributed by atoms with E-state index >= 15 is 0 Å². The van der Waals surface area contributed by atoms with Crippen molar-refractivity contribution in [2.24, 2.45) is 5.92 Å². The van der Waals surface area contributed by atoms with Crippen molar-refractivity contribution in [3.63, 3.8) is 0 Å². The van der Waals surface area contributed by atoms with Gasteiger partial charge < -0.3 is 10.6 Å². The van der Waals surface area contributed by atoms with Gasteiger partial charge in [0.25, 0.3) is 0 Å². The van der Waals surface area contributed by atoms with Crippen molar-refractivity contribution in [1.29, 1.82) is 0 Å². The lowest BCUT2D eigenvalue weighted by atomic mass is 10.1. The van der Waals surface area contributed by atoms with E-state index < -0.39 is 15.8 Å². The molecule has 0 spiro atoms. The maximum atomic E-state index is 12.9. The van der Waals surface area contributed by atoms with Crippen LogP contribution in [0, 0.1) is 19.8 Å². The first-order valence-electron chi connectivity index (χ1n) is 9.29. The highest BCUT2D eigenvalue weighted by Crippen LogP contribution is 2.37. The van der Waals surface area contributed by atoms with E-state index in [2.05, 4.69) is 10.6 Å². The predicted octanol–water partition coefficient (Wildman–Crippen LogP) is 3.78. The van der Waals surface area contributed by atoms with E-state index in [1.165, 1.54) is 23.9 Å². The van der Waals surface area contributed by atoms with Gasteiger partial charge in [0.1, 0.15) is 0 Å². The summed E-state index contributed by atoms with van der Waals surface area (Å²) in [5.41, 5.74) is 3.10. The van der Waals surface area contributed by atoms with Gasteiger partial charge in [0.05, 0.1) is 21.6 Å². The minimum absolute atomic E-state index is 0.0955. The van der Waals surface area contributed by atoms with Crippen LogP contribution in [-0.4, -0.2) is 31.2 Å². The Bertz CT molecular complexity index is 1080. The summed E-state index contributed by atoms with van der Waals surface area (Å²) in [7, 11) is -3.70. The number of anilines is 2. The van der Waals surface area contributed by atoms with Gasteiger partial charge in [-0.15, -0.1) is 11.8 Å². The molecule has 3 rings (SSSR count). The standard InChI is InChI=1S/C21H24N2O4S2/c1-12-5-6-13(2)17(9-12)22-20(24)14(3)11-29(26,27)16-7-8-19-18(10-16)23-21(25)15(4)28-19/h5-10,14-15H,11H2,1-4H3,(H,22,24)(H,23,25). The van der Waals surface area contributed by atoms with E-state index in [-0.39, 0.29) is 27.7 Å². The second-order valence-corrected chi connectivity index (χ2v) is 10.8. The average molecular weight is 433 g/mol. The van der Waals surface area contributed by atoms with Crippen molar-refractivity contribution in [2.45, 2.75) is 42.7 Å². The van der Waals surface area contributed by atoms with Crippen LogP contribution in [0.15, 0.2) is 46.2 Å². The molecular weight excluding hydrogens is 408 g/mol. The van der Waals surface area contributed by atoms with E-state index in [1.807, 2.05) is 32.0 Å². The van der Waals surface area contributed by atoms with Crippen LogP contribution in [0.4, 0.5) is 11.4 Å². The molecule has 154 valence electrons. The first-order chi connectivity index (χ1) is 13.6. The van der Waals surface area contributed by atoms with Gasteiger partial charge in [-0.2, -0.15) is 0 Å². The normalized spacial score (nSPS) is 17.2. The number of rotatable bonds is 5. The first-order valence-corrected chi connectivity index (χ1v) is 11.8. The number of fused-ring (bicyclic) bond motifs is 1. The first kappa shape index (κ1) is 21.4. The third-order valence-electron chi connectivity index (χ3n) is 4.81. The summed E-state index contributed by atoms with van der Waals surface area (Å²) < 4.78 is 25.7. The quantitative estimate of drug-likeness (QED) is 0.750. The van der Waals surface area contributed by atoms with E-state index in [0.29, 0.717) is 11.4 Å². The largest absolute Gasteiger partial charge is 0.326 e. The molecule has 1 heterocycles. The van der Waals surface area contributed by atoms with Crippen molar-refractivity contribution < 1.29 is 18.0 Å². The Morgan fingerprint density at radius 3 is 2.66 bits per heavy atom. The van der Waals surface area contributed by atoms with E-state index in [4.69, 9.17) is 0 Å². The van der Waals surface area contributed by atoms with Crippen molar-refractivity contribution in [1.82, 2.24) is 0 Å². The molecule has 29 heavy (non-hydrogen) atoms. The van der Waals surface area contributed by atoms with Crippen molar-refractivity contribution in [3.8, 4) is 0 Å². The van der Waals surface area contributed by atoms with Crippen LogP contribution in [0.2, 0.25) is 0 Å². The molecule has 2 aromatic rings. The molecular formula is C21H24N2O4S2. The summed E-state index contributed by atoms with van der Waals surface area (Å²) in [6.07, 6.45) is 0. The Hall–Kier alpha value is -2.32. The second kappa shape index (κ2) is 8.20. The summed E-state index contributed by atoms with van der Waals surface area (Å²) in [5, 5.41) is 5.34. The molecule has 2 unspecified atom stereocenters. The highest BCUT2D eigenvalue weighted by Gasteiger charge is 2.27. The summed E-state index contributed by atoms with van der Waals surface area (Å²) in [6.45, 7) is 7.20. The molecule has 0 saturated carbocycles. The molecule has 0 aliphatic carbocycles. The summed E-state index contributed by atoms with van der Waals surface area (Å²) in [6, 6.07) is 10.4. The summed E-state index contributed by atoms with van der Waals surface area (Å²) in [5.74, 6) is -1.56. The van der Waals surface area contributed by atoms with Gasteiger partial charge in [-0.1, -0.05) is 19.1 Å². The van der Waals surface area contributed by atoms with Gasteiger partial charge in [0.15, 0.2) is 9.84 Å². The molecule has 1 aliphatic rings. The van der Waals surface area contributed by atoms with E-state index in [9.17, 15) is 18.0 Å². The van der Waals surface area contributed by atoms with Crippen LogP contribution in [0.1, 0.15) is 25.0 Å². The molecule has 0 bridgehead atoms. The van der Waals surface area contributed by atoms with Gasteiger partial charge in [0.2, 0.25) is 11.8 Å². The lowest BCUT2D eigenvalue weighted by molar-refractivity contribution is -0.119. The third kappa shape index (κ3) is 4.82. The van der Waals surface area contributed by atoms with Crippen molar-refractivity contribution >= 4 is 44.8 Å². The van der Waals surface area contributed by atoms with Crippen molar-refractivity contribution in [3.05, 3.63) is 47.5 Å². The van der Waals surface area contributed by atoms with Gasteiger partial charge in [-0.25, -0.2) is 8.42 Å². The Labute approximate surface area is 175 Å². The fraction of sp³-hybridized carbons (Fsp3) is 0.333.